The van der Waals surface area contributed by atoms with Crippen LogP contribution in [0.3, 0.4) is 0 Å². The highest BCUT2D eigenvalue weighted by Gasteiger charge is 2.28. The zero-order chi connectivity index (χ0) is 14.7. The lowest BCUT2D eigenvalue weighted by Gasteiger charge is -2.32. The Morgan fingerprint density at radius 3 is 2.67 bits per heavy atom. The Kier molecular flexibility index (Phi) is 4.15. The summed E-state index contributed by atoms with van der Waals surface area (Å²) in [5.41, 5.74) is 8.35. The molecule has 0 aliphatic heterocycles. The first-order valence-corrected chi connectivity index (χ1v) is 7.55. The van der Waals surface area contributed by atoms with Gasteiger partial charge < -0.3 is 10.6 Å². The van der Waals surface area contributed by atoms with Crippen molar-refractivity contribution in [3.63, 3.8) is 0 Å². The van der Waals surface area contributed by atoms with Gasteiger partial charge in [-0.15, -0.1) is 0 Å². The Morgan fingerprint density at radius 2 is 1.95 bits per heavy atom. The molecule has 0 atom stereocenters. The number of hydrogen-bond acceptors (Lipinski definition) is 4. The molecular weight excluding hydrogens is 260 g/mol. The molecule has 3 rings (SSSR count). The first kappa shape index (κ1) is 14.0. The molecule has 4 heteroatoms. The molecule has 2 aromatic rings. The van der Waals surface area contributed by atoms with E-state index in [0.29, 0.717) is 12.0 Å². The fraction of sp³-hybridized carbons (Fsp3) is 0.412. The van der Waals surface area contributed by atoms with Crippen molar-refractivity contribution in [3.8, 4) is 0 Å². The lowest BCUT2D eigenvalue weighted by molar-refractivity contribution is 0.345. The van der Waals surface area contributed by atoms with Gasteiger partial charge in [0.15, 0.2) is 0 Å². The average Bonchev–Trinajstić information content (AvgIpc) is 2.50. The maximum atomic E-state index is 5.86. The third-order valence-corrected chi connectivity index (χ3v) is 4.24. The van der Waals surface area contributed by atoms with Gasteiger partial charge in [-0.25, -0.2) is 9.97 Å². The molecule has 0 unspecified atom stereocenters. The van der Waals surface area contributed by atoms with E-state index in [1.807, 2.05) is 6.07 Å². The minimum absolute atomic E-state index is 0.351. The molecule has 0 amide bonds. The first-order valence-electron chi connectivity index (χ1n) is 7.55. The number of benzene rings is 1. The predicted octanol–water partition coefficient (Wildman–Crippen LogP) is 2.36. The minimum atomic E-state index is 0.351. The summed E-state index contributed by atoms with van der Waals surface area (Å²) in [5.74, 6) is 1.51. The van der Waals surface area contributed by atoms with Crippen molar-refractivity contribution < 1.29 is 0 Å². The summed E-state index contributed by atoms with van der Waals surface area (Å²) in [7, 11) is 2.08. The normalized spacial score (nSPS) is 20.9. The molecular formula is C17H22N4. The van der Waals surface area contributed by atoms with Gasteiger partial charge in [0, 0.05) is 37.3 Å². The summed E-state index contributed by atoms with van der Waals surface area (Å²) >= 11 is 0. The van der Waals surface area contributed by atoms with Gasteiger partial charge in [0.1, 0.15) is 12.1 Å². The topological polar surface area (TPSA) is 55.0 Å². The molecule has 1 fully saturated rings. The minimum Gasteiger partial charge on any atom is -0.359 e. The fourth-order valence-electron chi connectivity index (χ4n) is 2.75. The second-order valence-electron chi connectivity index (χ2n) is 5.89. The number of nitrogens with two attached hydrogens (primary N) is 1. The number of hydrogen-bond donors (Lipinski definition) is 1. The van der Waals surface area contributed by atoms with E-state index in [1.54, 1.807) is 6.33 Å². The molecule has 110 valence electrons. The van der Waals surface area contributed by atoms with Crippen molar-refractivity contribution in [2.24, 2.45) is 5.73 Å². The van der Waals surface area contributed by atoms with Crippen molar-refractivity contribution >= 4 is 5.82 Å². The molecule has 0 saturated heterocycles. The Morgan fingerprint density at radius 1 is 1.19 bits per heavy atom. The molecule has 1 aliphatic rings. The van der Waals surface area contributed by atoms with Gasteiger partial charge >= 0.3 is 0 Å². The number of rotatable bonds is 5. The van der Waals surface area contributed by atoms with Crippen LogP contribution < -0.4 is 10.6 Å². The lowest BCUT2D eigenvalue weighted by atomic mass is 9.78. The van der Waals surface area contributed by atoms with E-state index < -0.39 is 0 Å². The van der Waals surface area contributed by atoms with E-state index in [9.17, 15) is 0 Å². The van der Waals surface area contributed by atoms with Crippen molar-refractivity contribution in [2.45, 2.75) is 31.2 Å². The van der Waals surface area contributed by atoms with Crippen LogP contribution >= 0.6 is 0 Å². The van der Waals surface area contributed by atoms with Crippen molar-refractivity contribution in [3.05, 3.63) is 54.0 Å². The molecule has 1 saturated carbocycles. The maximum absolute atomic E-state index is 5.86. The van der Waals surface area contributed by atoms with Crippen molar-refractivity contribution in [1.29, 1.82) is 0 Å². The number of aromatic nitrogens is 2. The summed E-state index contributed by atoms with van der Waals surface area (Å²) in [6.07, 6.45) is 4.78. The van der Waals surface area contributed by atoms with Crippen molar-refractivity contribution in [2.75, 3.05) is 18.5 Å². The lowest BCUT2D eigenvalue weighted by Crippen LogP contribution is -2.35. The molecule has 21 heavy (non-hydrogen) atoms. The van der Waals surface area contributed by atoms with E-state index in [4.69, 9.17) is 5.73 Å². The standard InChI is InChI=1S/C17H22N4/c1-21(8-7-13-5-3-2-4-6-13)17-11-16(19-12-20-17)14-9-15(18)10-14/h2-6,11-12,14-15H,7-10,18H2,1H3. The van der Waals surface area contributed by atoms with Gasteiger partial charge in [0.25, 0.3) is 0 Å². The SMILES string of the molecule is CN(CCc1ccccc1)c1cc(C2CC(N)C2)ncn1. The second kappa shape index (κ2) is 6.22. The van der Waals surface area contributed by atoms with Gasteiger partial charge in [-0.3, -0.25) is 0 Å². The molecule has 1 aromatic carbocycles. The Hall–Kier alpha value is -1.94. The summed E-state index contributed by atoms with van der Waals surface area (Å²) < 4.78 is 0. The third kappa shape index (κ3) is 3.39. The Labute approximate surface area is 126 Å². The smallest absolute Gasteiger partial charge is 0.131 e. The number of likely N-dealkylation sites (N-methyl/N-ethyl adjacent to an activating group) is 1. The van der Waals surface area contributed by atoms with E-state index in [0.717, 1.165) is 37.3 Å². The molecule has 2 N–H and O–H groups in total. The number of anilines is 1. The molecule has 0 radical (unpaired) electrons. The summed E-state index contributed by atoms with van der Waals surface area (Å²) in [6.45, 7) is 0.949. The zero-order valence-corrected chi connectivity index (χ0v) is 12.4. The summed E-state index contributed by atoms with van der Waals surface area (Å²) in [6, 6.07) is 13.0. The van der Waals surface area contributed by atoms with Crippen LogP contribution in [0.4, 0.5) is 5.82 Å². The van der Waals surface area contributed by atoms with Crippen LogP contribution in [0.25, 0.3) is 0 Å². The molecule has 1 heterocycles. The maximum Gasteiger partial charge on any atom is 0.131 e. The molecule has 4 nitrogen and oxygen atoms in total. The Bertz CT molecular complexity index is 578. The molecule has 0 spiro atoms. The average molecular weight is 282 g/mol. The van der Waals surface area contributed by atoms with Gasteiger partial charge in [-0.1, -0.05) is 30.3 Å². The van der Waals surface area contributed by atoms with Gasteiger partial charge in [-0.05, 0) is 24.8 Å². The number of nitrogens with zero attached hydrogens (tertiary/aromatic N) is 3. The van der Waals surface area contributed by atoms with Crippen LogP contribution in [-0.2, 0) is 6.42 Å². The summed E-state index contributed by atoms with van der Waals surface area (Å²) in [5, 5.41) is 0. The van der Waals surface area contributed by atoms with E-state index in [1.165, 1.54) is 5.56 Å². The van der Waals surface area contributed by atoms with E-state index in [-0.39, 0.29) is 0 Å². The van der Waals surface area contributed by atoms with Crippen LogP contribution in [0.15, 0.2) is 42.7 Å². The molecule has 1 aromatic heterocycles. The predicted molar refractivity (Wildman–Crippen MR) is 85.4 cm³/mol. The van der Waals surface area contributed by atoms with Crippen LogP contribution in [-0.4, -0.2) is 29.6 Å². The fourth-order valence-corrected chi connectivity index (χ4v) is 2.75. The van der Waals surface area contributed by atoms with Crippen LogP contribution in [0.5, 0.6) is 0 Å². The summed E-state index contributed by atoms with van der Waals surface area (Å²) in [4.78, 5) is 11.0. The van der Waals surface area contributed by atoms with E-state index >= 15 is 0 Å². The van der Waals surface area contributed by atoms with Gasteiger partial charge in [0.2, 0.25) is 0 Å². The van der Waals surface area contributed by atoms with Crippen LogP contribution in [0.2, 0.25) is 0 Å². The van der Waals surface area contributed by atoms with E-state index in [2.05, 4.69) is 52.2 Å². The monoisotopic (exact) mass is 282 g/mol. The third-order valence-electron chi connectivity index (χ3n) is 4.24. The molecule has 0 bridgehead atoms. The highest BCUT2D eigenvalue weighted by Crippen LogP contribution is 2.35. The van der Waals surface area contributed by atoms with Crippen molar-refractivity contribution in [1.82, 2.24) is 9.97 Å². The second-order valence-corrected chi connectivity index (χ2v) is 5.89. The van der Waals surface area contributed by atoms with Gasteiger partial charge in [-0.2, -0.15) is 0 Å². The largest absolute Gasteiger partial charge is 0.359 e. The van der Waals surface area contributed by atoms with Gasteiger partial charge in [0.05, 0.1) is 0 Å². The highest BCUT2D eigenvalue weighted by atomic mass is 15.2. The van der Waals surface area contributed by atoms with Crippen LogP contribution in [0.1, 0.15) is 30.0 Å². The zero-order valence-electron chi connectivity index (χ0n) is 12.4. The van der Waals surface area contributed by atoms with Crippen LogP contribution in [0, 0.1) is 0 Å². The quantitative estimate of drug-likeness (QED) is 0.914. The first-order chi connectivity index (χ1) is 10.2. The Balaban J connectivity index is 1.62. The molecule has 1 aliphatic carbocycles. The highest BCUT2D eigenvalue weighted by molar-refractivity contribution is 5.39.